The number of benzene rings is 1. The summed E-state index contributed by atoms with van der Waals surface area (Å²) in [6.07, 6.45) is 0. The highest BCUT2D eigenvalue weighted by atomic mass is 16.3. The van der Waals surface area contributed by atoms with Crippen LogP contribution in [0.2, 0.25) is 0 Å². The topological polar surface area (TPSA) is 38.9 Å². The third-order valence-corrected chi connectivity index (χ3v) is 2.81. The van der Waals surface area contributed by atoms with Crippen molar-refractivity contribution in [2.45, 2.75) is 13.8 Å². The van der Waals surface area contributed by atoms with Crippen molar-refractivity contribution in [3.8, 4) is 22.7 Å². The van der Waals surface area contributed by atoms with Gasteiger partial charge in [0.1, 0.15) is 11.5 Å². The lowest BCUT2D eigenvalue weighted by atomic mass is 10.0. The fourth-order valence-corrected chi connectivity index (χ4v) is 2.08. The molecule has 0 saturated carbocycles. The van der Waals surface area contributed by atoms with Gasteiger partial charge in [0.25, 0.3) is 0 Å². The molecule has 3 rings (SSSR count). The zero-order chi connectivity index (χ0) is 11.8. The van der Waals surface area contributed by atoms with E-state index in [1.807, 2.05) is 43.3 Å². The largest absolute Gasteiger partial charge is 0.442 e. The molecule has 0 aliphatic carbocycles. The van der Waals surface area contributed by atoms with Crippen LogP contribution >= 0.6 is 0 Å². The van der Waals surface area contributed by atoms with Crippen LogP contribution in [0.25, 0.3) is 22.7 Å². The van der Waals surface area contributed by atoms with Gasteiger partial charge in [0.15, 0.2) is 0 Å². The van der Waals surface area contributed by atoms with Crippen LogP contribution in [0.3, 0.4) is 0 Å². The molecule has 0 bridgehead atoms. The van der Waals surface area contributed by atoms with Crippen LogP contribution in [0, 0.1) is 13.8 Å². The van der Waals surface area contributed by atoms with E-state index in [9.17, 15) is 0 Å². The molecule has 0 fully saturated rings. The molecule has 2 aliphatic rings. The second-order valence-corrected chi connectivity index (χ2v) is 4.13. The van der Waals surface area contributed by atoms with E-state index in [0.717, 1.165) is 28.1 Å². The van der Waals surface area contributed by atoms with Crippen molar-refractivity contribution in [1.29, 1.82) is 0 Å². The van der Waals surface area contributed by atoms with Gasteiger partial charge in [-0.2, -0.15) is 0 Å². The van der Waals surface area contributed by atoms with Gasteiger partial charge in [0.05, 0.1) is 5.56 Å². The number of rotatable bonds is 1. The summed E-state index contributed by atoms with van der Waals surface area (Å²) in [4.78, 5) is 0. The first kappa shape index (κ1) is 10.0. The molecule has 0 radical (unpaired) electrons. The summed E-state index contributed by atoms with van der Waals surface area (Å²) < 4.78 is 5.57. The minimum absolute atomic E-state index is 0.612. The fourth-order valence-electron chi connectivity index (χ4n) is 2.08. The van der Waals surface area contributed by atoms with Gasteiger partial charge < -0.3 is 4.42 Å². The maximum absolute atomic E-state index is 5.57. The number of hydrogen-bond donors (Lipinski definition) is 0. The molecule has 1 aromatic carbocycles. The molecule has 3 heteroatoms. The average Bonchev–Trinajstić information content (AvgIpc) is 2.74. The molecule has 0 N–H and O–H groups in total. The number of hydrogen-bond acceptors (Lipinski definition) is 3. The normalized spacial score (nSPS) is 10.9. The van der Waals surface area contributed by atoms with E-state index < -0.39 is 0 Å². The molecule has 0 unspecified atom stereocenters. The molecule has 17 heavy (non-hydrogen) atoms. The number of aryl methyl sites for hydroxylation is 2. The van der Waals surface area contributed by atoms with Crippen LogP contribution in [0.1, 0.15) is 11.3 Å². The van der Waals surface area contributed by atoms with Gasteiger partial charge in [0.2, 0.25) is 5.89 Å². The summed E-state index contributed by atoms with van der Waals surface area (Å²) >= 11 is 0. The summed E-state index contributed by atoms with van der Waals surface area (Å²) in [5.41, 5.74) is 4.11. The summed E-state index contributed by atoms with van der Waals surface area (Å²) in [6, 6.07) is 12.1. The van der Waals surface area contributed by atoms with Crippen molar-refractivity contribution >= 4 is 0 Å². The number of fused-ring (bicyclic) bond motifs is 1. The zero-order valence-corrected chi connectivity index (χ0v) is 9.77. The molecule has 84 valence electrons. The maximum atomic E-state index is 5.57. The average molecular weight is 224 g/mol. The quantitative estimate of drug-likeness (QED) is 0.635. The summed E-state index contributed by atoms with van der Waals surface area (Å²) in [7, 11) is 0. The van der Waals surface area contributed by atoms with Crippen molar-refractivity contribution in [3.63, 3.8) is 0 Å². The van der Waals surface area contributed by atoms with Gasteiger partial charge in [-0.1, -0.05) is 30.3 Å². The molecule has 3 nitrogen and oxygen atoms in total. The summed E-state index contributed by atoms with van der Waals surface area (Å²) in [5, 5.41) is 8.32. The highest BCUT2D eigenvalue weighted by Crippen LogP contribution is 2.34. The Kier molecular flexibility index (Phi) is 2.18. The van der Waals surface area contributed by atoms with Gasteiger partial charge in [-0.25, -0.2) is 0 Å². The van der Waals surface area contributed by atoms with E-state index in [-0.39, 0.29) is 0 Å². The lowest BCUT2D eigenvalue weighted by molar-refractivity contribution is 0.513. The molecular weight excluding hydrogens is 212 g/mol. The van der Waals surface area contributed by atoms with Crippen molar-refractivity contribution in [1.82, 2.24) is 10.2 Å². The summed E-state index contributed by atoms with van der Waals surface area (Å²) in [6.45, 7) is 3.98. The van der Waals surface area contributed by atoms with Gasteiger partial charge in [-0.3, -0.25) is 0 Å². The first-order chi connectivity index (χ1) is 8.25. The molecule has 2 aliphatic heterocycles. The van der Waals surface area contributed by atoms with Crippen molar-refractivity contribution < 1.29 is 4.42 Å². The minimum atomic E-state index is 0.612. The van der Waals surface area contributed by atoms with Gasteiger partial charge >= 0.3 is 0 Å². The van der Waals surface area contributed by atoms with Crippen LogP contribution in [-0.4, -0.2) is 10.2 Å². The lowest BCUT2D eigenvalue weighted by Crippen LogP contribution is -1.87. The highest BCUT2D eigenvalue weighted by Gasteiger charge is 2.19. The predicted molar refractivity (Wildman–Crippen MR) is 65.8 cm³/mol. The smallest absolute Gasteiger partial charge is 0.248 e. The molecule has 0 atom stereocenters. The zero-order valence-electron chi connectivity index (χ0n) is 9.77. The molecule has 0 spiro atoms. The van der Waals surface area contributed by atoms with Crippen LogP contribution in [0.5, 0.6) is 0 Å². The number of nitrogens with zero attached hydrogens (tertiary/aromatic N) is 2. The highest BCUT2D eigenvalue weighted by molar-refractivity contribution is 5.79. The van der Waals surface area contributed by atoms with Gasteiger partial charge in [-0.05, 0) is 25.5 Å². The van der Waals surface area contributed by atoms with Crippen LogP contribution in [-0.2, 0) is 0 Å². The SMILES string of the molecule is Cc1cc(C)c2c(-c3ccccc3)nnc-2o1. The number of aromatic nitrogens is 2. The van der Waals surface area contributed by atoms with Crippen molar-refractivity contribution in [3.05, 3.63) is 47.7 Å². The van der Waals surface area contributed by atoms with E-state index >= 15 is 0 Å². The monoisotopic (exact) mass is 224 g/mol. The van der Waals surface area contributed by atoms with Crippen molar-refractivity contribution in [2.24, 2.45) is 0 Å². The first-order valence-corrected chi connectivity index (χ1v) is 5.54. The van der Waals surface area contributed by atoms with E-state index in [1.54, 1.807) is 0 Å². The van der Waals surface area contributed by atoms with E-state index in [1.165, 1.54) is 0 Å². The molecule has 0 saturated heterocycles. The molecular formula is C14H12N2O. The standard InChI is InChI=1S/C14H12N2O/c1-9-8-10(2)17-14-12(9)13(15-16-14)11-6-4-3-5-7-11/h3-8H,1-2H3. The van der Waals surface area contributed by atoms with E-state index in [2.05, 4.69) is 17.1 Å². The predicted octanol–water partition coefficient (Wildman–Crippen LogP) is 3.46. The second kappa shape index (κ2) is 3.70. The molecule has 1 aromatic rings. The van der Waals surface area contributed by atoms with Crippen LogP contribution < -0.4 is 0 Å². The second-order valence-electron chi connectivity index (χ2n) is 4.13. The van der Waals surface area contributed by atoms with Gasteiger partial charge in [-0.15, -0.1) is 10.2 Å². The Hall–Kier alpha value is -2.16. The Balaban J connectivity index is 2.27. The lowest BCUT2D eigenvalue weighted by Gasteiger charge is -2.05. The fraction of sp³-hybridized carbons (Fsp3) is 0.143. The van der Waals surface area contributed by atoms with Crippen LogP contribution in [0.4, 0.5) is 0 Å². The Labute approximate surface area is 99.5 Å². The van der Waals surface area contributed by atoms with E-state index in [4.69, 9.17) is 4.42 Å². The third-order valence-electron chi connectivity index (χ3n) is 2.81. The molecule has 0 aromatic heterocycles. The Morgan fingerprint density at radius 2 is 1.76 bits per heavy atom. The first-order valence-electron chi connectivity index (χ1n) is 5.54. The Morgan fingerprint density at radius 3 is 2.53 bits per heavy atom. The Morgan fingerprint density at radius 1 is 1.00 bits per heavy atom. The van der Waals surface area contributed by atoms with Gasteiger partial charge in [0, 0.05) is 5.56 Å². The maximum Gasteiger partial charge on any atom is 0.248 e. The van der Waals surface area contributed by atoms with Crippen molar-refractivity contribution in [2.75, 3.05) is 0 Å². The molecule has 0 amide bonds. The van der Waals surface area contributed by atoms with E-state index in [0.29, 0.717) is 5.89 Å². The Bertz CT molecular complexity index is 628. The third kappa shape index (κ3) is 1.60. The van der Waals surface area contributed by atoms with Crippen LogP contribution in [0.15, 0.2) is 40.8 Å². The minimum Gasteiger partial charge on any atom is -0.442 e. The summed E-state index contributed by atoms with van der Waals surface area (Å²) in [5.74, 6) is 1.47. The molecule has 2 heterocycles.